The van der Waals surface area contributed by atoms with Crippen LogP contribution in [-0.4, -0.2) is 35.9 Å². The first-order chi connectivity index (χ1) is 11.5. The predicted molar refractivity (Wildman–Crippen MR) is 94.8 cm³/mol. The molecule has 1 aliphatic heterocycles. The van der Waals surface area contributed by atoms with Gasteiger partial charge in [0.2, 0.25) is 5.91 Å². The molecule has 3 rings (SSSR count). The number of thiophene rings is 1. The van der Waals surface area contributed by atoms with Crippen molar-refractivity contribution in [1.82, 2.24) is 10.3 Å². The maximum absolute atomic E-state index is 12.1. The van der Waals surface area contributed by atoms with Crippen molar-refractivity contribution in [2.45, 2.75) is 18.9 Å². The summed E-state index contributed by atoms with van der Waals surface area (Å²) in [6.07, 6.45) is 3.06. The Morgan fingerprint density at radius 1 is 1.33 bits per heavy atom. The maximum Gasteiger partial charge on any atom is 0.252 e. The van der Waals surface area contributed by atoms with E-state index in [1.807, 2.05) is 16.8 Å². The van der Waals surface area contributed by atoms with Crippen molar-refractivity contribution in [2.24, 2.45) is 5.73 Å². The largest absolute Gasteiger partial charge is 0.366 e. The van der Waals surface area contributed by atoms with Crippen LogP contribution in [0.3, 0.4) is 0 Å². The quantitative estimate of drug-likeness (QED) is 0.871. The number of hydrogen-bond acceptors (Lipinski definition) is 5. The first-order valence-corrected chi connectivity index (χ1v) is 8.90. The summed E-state index contributed by atoms with van der Waals surface area (Å²) in [5.41, 5.74) is 6.22. The van der Waals surface area contributed by atoms with E-state index in [9.17, 15) is 9.59 Å². The van der Waals surface area contributed by atoms with E-state index in [1.54, 1.807) is 0 Å². The minimum absolute atomic E-state index is 0.0309. The molecule has 0 unspecified atom stereocenters. The van der Waals surface area contributed by atoms with Gasteiger partial charge in [-0.25, -0.2) is 4.98 Å². The highest BCUT2D eigenvalue weighted by atomic mass is 35.5. The smallest absolute Gasteiger partial charge is 0.252 e. The molecule has 0 saturated carbocycles. The third-order valence-corrected chi connectivity index (χ3v) is 4.98. The lowest BCUT2D eigenvalue weighted by molar-refractivity contribution is 0.0930. The van der Waals surface area contributed by atoms with Gasteiger partial charge in [0.25, 0.3) is 5.91 Å². The molecule has 1 aliphatic rings. The molecule has 0 bridgehead atoms. The third-order valence-electron chi connectivity index (χ3n) is 4.02. The molecule has 6 nitrogen and oxygen atoms in total. The maximum atomic E-state index is 12.1. The van der Waals surface area contributed by atoms with Gasteiger partial charge < -0.3 is 16.0 Å². The van der Waals surface area contributed by atoms with E-state index in [4.69, 9.17) is 17.3 Å². The van der Waals surface area contributed by atoms with E-state index < -0.39 is 5.91 Å². The van der Waals surface area contributed by atoms with Gasteiger partial charge in [-0.05, 0) is 30.4 Å². The second-order valence-electron chi connectivity index (χ2n) is 5.64. The Hall–Kier alpha value is -2.12. The minimum atomic E-state index is -0.550. The lowest BCUT2D eigenvalue weighted by Gasteiger charge is -2.33. The number of rotatable bonds is 4. The van der Waals surface area contributed by atoms with Gasteiger partial charge in [-0.1, -0.05) is 11.6 Å². The molecule has 8 heteroatoms. The van der Waals surface area contributed by atoms with Crippen LogP contribution in [0.1, 0.15) is 33.6 Å². The summed E-state index contributed by atoms with van der Waals surface area (Å²) in [5, 5.41) is 7.20. The van der Waals surface area contributed by atoms with E-state index in [-0.39, 0.29) is 11.9 Å². The highest BCUT2D eigenvalue weighted by Crippen LogP contribution is 2.26. The fourth-order valence-corrected chi connectivity index (χ4v) is 3.62. The topological polar surface area (TPSA) is 88.3 Å². The number of carbonyl (C=O) groups is 2. The van der Waals surface area contributed by atoms with Gasteiger partial charge in [0.1, 0.15) is 5.82 Å². The molecule has 126 valence electrons. The van der Waals surface area contributed by atoms with Crippen molar-refractivity contribution in [2.75, 3.05) is 18.0 Å². The summed E-state index contributed by atoms with van der Waals surface area (Å²) in [6, 6.07) is 3.49. The second kappa shape index (κ2) is 7.19. The van der Waals surface area contributed by atoms with E-state index in [0.717, 1.165) is 25.9 Å². The molecule has 2 aromatic rings. The number of hydrogen-bond donors (Lipinski definition) is 2. The molecule has 0 spiro atoms. The summed E-state index contributed by atoms with van der Waals surface area (Å²) in [7, 11) is 0. The van der Waals surface area contributed by atoms with E-state index in [2.05, 4.69) is 15.2 Å². The molecule has 3 N–H and O–H groups in total. The first-order valence-electron chi connectivity index (χ1n) is 7.58. The lowest BCUT2D eigenvalue weighted by Crippen LogP contribution is -2.45. The average molecular weight is 365 g/mol. The van der Waals surface area contributed by atoms with Gasteiger partial charge >= 0.3 is 0 Å². The Labute approximate surface area is 148 Å². The second-order valence-corrected chi connectivity index (χ2v) is 6.83. The molecule has 2 amide bonds. The number of amides is 2. The van der Waals surface area contributed by atoms with Crippen LogP contribution in [0.5, 0.6) is 0 Å². The van der Waals surface area contributed by atoms with Gasteiger partial charge in [0, 0.05) is 36.3 Å². The number of nitrogens with zero attached hydrogens (tertiary/aromatic N) is 2. The number of halogens is 1. The zero-order valence-electron chi connectivity index (χ0n) is 12.9. The average Bonchev–Trinajstić information content (AvgIpc) is 3.10. The fraction of sp³-hybridized carbons (Fsp3) is 0.312. The van der Waals surface area contributed by atoms with Crippen LogP contribution in [0, 0.1) is 0 Å². The number of nitrogens with two attached hydrogens (primary N) is 1. The molecule has 0 radical (unpaired) electrons. The number of aromatic nitrogens is 1. The van der Waals surface area contributed by atoms with Crippen molar-refractivity contribution < 1.29 is 9.59 Å². The van der Waals surface area contributed by atoms with Crippen molar-refractivity contribution in [1.29, 1.82) is 0 Å². The SMILES string of the molecule is NC(=O)c1cnc(N2CCC(NC(=O)c3ccsc3)CC2)c(Cl)c1. The van der Waals surface area contributed by atoms with Crippen LogP contribution >= 0.6 is 22.9 Å². The highest BCUT2D eigenvalue weighted by molar-refractivity contribution is 7.08. The number of anilines is 1. The molecular formula is C16H17ClN4O2S. The molecule has 1 fully saturated rings. The molecule has 24 heavy (non-hydrogen) atoms. The van der Waals surface area contributed by atoms with Gasteiger partial charge in [-0.3, -0.25) is 9.59 Å². The monoisotopic (exact) mass is 364 g/mol. The Bertz CT molecular complexity index is 743. The molecule has 0 atom stereocenters. The molecule has 2 aromatic heterocycles. The van der Waals surface area contributed by atoms with Crippen LogP contribution < -0.4 is 16.0 Å². The Morgan fingerprint density at radius 2 is 2.08 bits per heavy atom. The number of piperidine rings is 1. The van der Waals surface area contributed by atoms with Gasteiger partial charge in [0.15, 0.2) is 0 Å². The normalized spacial score (nSPS) is 15.3. The zero-order chi connectivity index (χ0) is 17.1. The van der Waals surface area contributed by atoms with Crippen LogP contribution in [0.15, 0.2) is 29.1 Å². The fourth-order valence-electron chi connectivity index (χ4n) is 2.70. The summed E-state index contributed by atoms with van der Waals surface area (Å²) in [4.78, 5) is 29.6. The van der Waals surface area contributed by atoms with Crippen LogP contribution in [0.4, 0.5) is 5.82 Å². The lowest BCUT2D eigenvalue weighted by atomic mass is 10.0. The molecular weight excluding hydrogens is 348 g/mol. The van der Waals surface area contributed by atoms with Gasteiger partial charge in [-0.2, -0.15) is 11.3 Å². The van der Waals surface area contributed by atoms with Gasteiger partial charge in [-0.15, -0.1) is 0 Å². The highest BCUT2D eigenvalue weighted by Gasteiger charge is 2.23. The zero-order valence-corrected chi connectivity index (χ0v) is 14.4. The number of carbonyl (C=O) groups excluding carboxylic acids is 2. The number of nitrogens with one attached hydrogen (secondary N) is 1. The van der Waals surface area contributed by atoms with Crippen molar-refractivity contribution in [3.63, 3.8) is 0 Å². The number of primary amides is 1. The van der Waals surface area contributed by atoms with Crippen molar-refractivity contribution in [3.05, 3.63) is 45.2 Å². The standard InChI is InChI=1S/C16H17ClN4O2S/c17-13-7-11(14(18)22)8-19-15(13)21-4-1-12(2-5-21)20-16(23)10-3-6-24-9-10/h3,6-9,12H,1-2,4-5H2,(H2,18,22)(H,20,23). The van der Waals surface area contributed by atoms with Gasteiger partial charge in [0.05, 0.1) is 10.6 Å². The summed E-state index contributed by atoms with van der Waals surface area (Å²) < 4.78 is 0. The Morgan fingerprint density at radius 3 is 2.67 bits per heavy atom. The summed E-state index contributed by atoms with van der Waals surface area (Å²) in [6.45, 7) is 1.47. The molecule has 0 aromatic carbocycles. The summed E-state index contributed by atoms with van der Waals surface area (Å²) >= 11 is 7.72. The summed E-state index contributed by atoms with van der Waals surface area (Å²) in [5.74, 6) is 0.0618. The van der Waals surface area contributed by atoms with Crippen molar-refractivity contribution in [3.8, 4) is 0 Å². The van der Waals surface area contributed by atoms with E-state index >= 15 is 0 Å². The Balaban J connectivity index is 1.59. The van der Waals surface area contributed by atoms with E-state index in [1.165, 1.54) is 23.6 Å². The van der Waals surface area contributed by atoms with Crippen LogP contribution in [-0.2, 0) is 0 Å². The molecule has 3 heterocycles. The predicted octanol–water partition coefficient (Wildman–Crippen LogP) is 2.29. The van der Waals surface area contributed by atoms with Crippen LogP contribution in [0.25, 0.3) is 0 Å². The van der Waals surface area contributed by atoms with E-state index in [0.29, 0.717) is 22.0 Å². The Kier molecular flexibility index (Phi) is 5.01. The molecule has 0 aliphatic carbocycles. The first kappa shape index (κ1) is 16.7. The minimum Gasteiger partial charge on any atom is -0.366 e. The number of pyridine rings is 1. The van der Waals surface area contributed by atoms with Crippen LogP contribution in [0.2, 0.25) is 5.02 Å². The third kappa shape index (κ3) is 3.68. The molecule has 1 saturated heterocycles. The van der Waals surface area contributed by atoms with Crippen molar-refractivity contribution >= 4 is 40.6 Å².